The number of carbonyl (C=O) groups is 1. The molecule has 2 aromatic carbocycles. The Morgan fingerprint density at radius 1 is 1.09 bits per heavy atom. The summed E-state index contributed by atoms with van der Waals surface area (Å²) in [5.41, 5.74) is 3.32. The topological polar surface area (TPSA) is 53.0 Å². The van der Waals surface area contributed by atoms with Crippen LogP contribution in [0.4, 0.5) is 0 Å². The van der Waals surface area contributed by atoms with Gasteiger partial charge in [0, 0.05) is 37.7 Å². The fourth-order valence-corrected chi connectivity index (χ4v) is 5.81. The second-order valence-electron chi connectivity index (χ2n) is 9.45. The predicted molar refractivity (Wildman–Crippen MR) is 125 cm³/mol. The minimum Gasteiger partial charge on any atom is -0.508 e. The summed E-state index contributed by atoms with van der Waals surface area (Å²) in [5, 5.41) is 10.5. The molecule has 2 fully saturated rings. The number of aromatic hydroxyl groups is 1. The lowest BCUT2D eigenvalue weighted by Crippen LogP contribution is -2.47. The van der Waals surface area contributed by atoms with Crippen LogP contribution in [-0.4, -0.2) is 53.5 Å². The molecule has 2 aromatic rings. The highest BCUT2D eigenvalue weighted by atomic mass is 35.5. The van der Waals surface area contributed by atoms with Gasteiger partial charge in [0.2, 0.25) is 5.91 Å². The van der Waals surface area contributed by atoms with Crippen molar-refractivity contribution in [1.29, 1.82) is 0 Å². The zero-order valence-electron chi connectivity index (χ0n) is 18.4. The number of piperidine rings is 1. The average Bonchev–Trinajstić information content (AvgIpc) is 3.46. The monoisotopic (exact) mass is 454 g/mol. The molecule has 5 nitrogen and oxygen atoms in total. The Bertz CT molecular complexity index is 981. The molecule has 1 amide bonds. The number of carbonyl (C=O) groups excluding carboxylic acids is 1. The molecule has 3 heterocycles. The van der Waals surface area contributed by atoms with E-state index >= 15 is 0 Å². The summed E-state index contributed by atoms with van der Waals surface area (Å²) in [6, 6.07) is 13.6. The van der Waals surface area contributed by atoms with Crippen molar-refractivity contribution in [3.05, 3.63) is 64.2 Å². The molecule has 170 valence electrons. The van der Waals surface area contributed by atoms with E-state index in [9.17, 15) is 9.90 Å². The van der Waals surface area contributed by atoms with Crippen LogP contribution in [0.3, 0.4) is 0 Å². The maximum Gasteiger partial charge on any atom is 0.227 e. The summed E-state index contributed by atoms with van der Waals surface area (Å²) in [6.07, 6.45) is 4.59. The predicted octanol–water partition coefficient (Wildman–Crippen LogP) is 4.35. The Balaban J connectivity index is 1.30. The van der Waals surface area contributed by atoms with E-state index in [1.54, 1.807) is 18.2 Å². The van der Waals surface area contributed by atoms with Gasteiger partial charge in [0.05, 0.1) is 18.1 Å². The summed E-state index contributed by atoms with van der Waals surface area (Å²) < 4.78 is 6.31. The number of benzene rings is 2. The van der Waals surface area contributed by atoms with Crippen molar-refractivity contribution in [3.8, 4) is 5.75 Å². The van der Waals surface area contributed by atoms with Crippen molar-refractivity contribution in [2.24, 2.45) is 5.92 Å². The molecule has 1 spiro atoms. The quantitative estimate of drug-likeness (QED) is 0.729. The van der Waals surface area contributed by atoms with Crippen molar-refractivity contribution in [3.63, 3.8) is 0 Å². The number of halogens is 1. The molecule has 3 aliphatic heterocycles. The van der Waals surface area contributed by atoms with E-state index in [4.69, 9.17) is 16.3 Å². The third-order valence-electron chi connectivity index (χ3n) is 7.42. The van der Waals surface area contributed by atoms with Crippen molar-refractivity contribution in [2.75, 3.05) is 32.7 Å². The number of rotatable bonds is 5. The number of hydrogen-bond acceptors (Lipinski definition) is 4. The van der Waals surface area contributed by atoms with Crippen LogP contribution in [0.1, 0.15) is 42.4 Å². The molecule has 2 saturated heterocycles. The maximum atomic E-state index is 13.4. The standard InChI is InChI=1S/C26H31ClN2O3/c27-24-8-7-22(30)16-20(24)15-21(25(31)29-11-3-4-12-29)17-28-13-9-26(10-14-28)23-6-2-1-5-19(23)18-32-26/h1-2,5-8,16,21,30H,3-4,9-15,17-18H2. The summed E-state index contributed by atoms with van der Waals surface area (Å²) in [7, 11) is 0. The van der Waals surface area contributed by atoms with Gasteiger partial charge in [-0.3, -0.25) is 4.79 Å². The van der Waals surface area contributed by atoms with Gasteiger partial charge in [0.1, 0.15) is 5.75 Å². The first-order valence-corrected chi connectivity index (χ1v) is 12.1. The lowest BCUT2D eigenvalue weighted by molar-refractivity contribution is -0.135. The zero-order chi connectivity index (χ0) is 22.1. The van der Waals surface area contributed by atoms with Crippen molar-refractivity contribution in [1.82, 2.24) is 9.80 Å². The second kappa shape index (κ2) is 9.05. The SMILES string of the molecule is O=C(C(Cc1cc(O)ccc1Cl)CN1CCC2(CC1)OCc1ccccc12)N1CCCC1. The van der Waals surface area contributed by atoms with E-state index in [0.717, 1.165) is 57.4 Å². The van der Waals surface area contributed by atoms with Crippen LogP contribution >= 0.6 is 11.6 Å². The minimum atomic E-state index is -0.171. The number of phenols is 1. The largest absolute Gasteiger partial charge is 0.508 e. The summed E-state index contributed by atoms with van der Waals surface area (Å²) >= 11 is 6.41. The molecule has 1 atom stereocenters. The molecule has 1 unspecified atom stereocenters. The van der Waals surface area contributed by atoms with Crippen LogP contribution in [0.2, 0.25) is 5.02 Å². The Hall–Kier alpha value is -2.08. The van der Waals surface area contributed by atoms with Gasteiger partial charge >= 0.3 is 0 Å². The smallest absolute Gasteiger partial charge is 0.227 e. The Labute approximate surface area is 194 Å². The molecular formula is C26H31ClN2O3. The van der Waals surface area contributed by atoms with Gasteiger partial charge in [-0.15, -0.1) is 0 Å². The van der Waals surface area contributed by atoms with Gasteiger partial charge in [0.15, 0.2) is 0 Å². The number of fused-ring (bicyclic) bond motifs is 2. The molecule has 0 radical (unpaired) electrons. The normalized spacial score (nSPS) is 21.1. The molecule has 5 rings (SSSR count). The molecule has 6 heteroatoms. The Morgan fingerprint density at radius 3 is 2.62 bits per heavy atom. The highest BCUT2D eigenvalue weighted by Gasteiger charge is 2.43. The van der Waals surface area contributed by atoms with Gasteiger partial charge in [-0.05, 0) is 67.0 Å². The third-order valence-corrected chi connectivity index (χ3v) is 7.79. The van der Waals surface area contributed by atoms with Crippen molar-refractivity contribution in [2.45, 2.75) is 44.3 Å². The molecule has 32 heavy (non-hydrogen) atoms. The Kier molecular flexibility index (Phi) is 6.15. The molecule has 0 bridgehead atoms. The van der Waals surface area contributed by atoms with Crippen LogP contribution < -0.4 is 0 Å². The van der Waals surface area contributed by atoms with E-state index in [2.05, 4.69) is 29.2 Å². The van der Waals surface area contributed by atoms with E-state index in [1.807, 2.05) is 4.90 Å². The highest BCUT2D eigenvalue weighted by Crippen LogP contribution is 2.44. The Morgan fingerprint density at radius 2 is 1.84 bits per heavy atom. The number of phenolic OH excluding ortho intramolecular Hbond substituents is 1. The number of nitrogens with zero attached hydrogens (tertiary/aromatic N) is 2. The molecule has 0 aromatic heterocycles. The number of ether oxygens (including phenoxy) is 1. The average molecular weight is 455 g/mol. The van der Waals surface area contributed by atoms with E-state index < -0.39 is 0 Å². The van der Waals surface area contributed by atoms with Gasteiger partial charge in [0.25, 0.3) is 0 Å². The summed E-state index contributed by atoms with van der Waals surface area (Å²) in [4.78, 5) is 17.8. The van der Waals surface area contributed by atoms with Crippen molar-refractivity contribution >= 4 is 17.5 Å². The molecule has 1 N–H and O–H groups in total. The van der Waals surface area contributed by atoms with Crippen LogP contribution in [0, 0.1) is 5.92 Å². The zero-order valence-corrected chi connectivity index (χ0v) is 19.2. The van der Waals surface area contributed by atoms with Gasteiger partial charge in [-0.2, -0.15) is 0 Å². The van der Waals surface area contributed by atoms with Crippen LogP contribution in [0.5, 0.6) is 5.75 Å². The van der Waals surface area contributed by atoms with Gasteiger partial charge in [-0.25, -0.2) is 0 Å². The molecule has 3 aliphatic rings. The summed E-state index contributed by atoms with van der Waals surface area (Å²) in [5.74, 6) is 0.233. The maximum absolute atomic E-state index is 13.4. The third kappa shape index (κ3) is 4.26. The van der Waals surface area contributed by atoms with Gasteiger partial charge in [-0.1, -0.05) is 35.9 Å². The lowest BCUT2D eigenvalue weighted by atomic mass is 9.83. The molecular weight excluding hydrogens is 424 g/mol. The number of likely N-dealkylation sites (tertiary alicyclic amines) is 2. The van der Waals surface area contributed by atoms with Crippen LogP contribution in [0.25, 0.3) is 0 Å². The molecule has 0 aliphatic carbocycles. The van der Waals surface area contributed by atoms with E-state index in [1.165, 1.54) is 11.1 Å². The summed E-state index contributed by atoms with van der Waals surface area (Å²) in [6.45, 7) is 4.91. The fourth-order valence-electron chi connectivity index (χ4n) is 5.62. The van der Waals surface area contributed by atoms with E-state index in [-0.39, 0.29) is 23.2 Å². The second-order valence-corrected chi connectivity index (χ2v) is 9.86. The van der Waals surface area contributed by atoms with E-state index in [0.29, 0.717) is 24.6 Å². The lowest BCUT2D eigenvalue weighted by Gasteiger charge is -2.40. The highest BCUT2D eigenvalue weighted by molar-refractivity contribution is 6.31. The van der Waals surface area contributed by atoms with Gasteiger partial charge < -0.3 is 19.6 Å². The number of hydrogen-bond donors (Lipinski definition) is 1. The number of amides is 1. The first kappa shape index (κ1) is 21.7. The van der Waals surface area contributed by atoms with Crippen LogP contribution in [-0.2, 0) is 28.2 Å². The minimum absolute atomic E-state index is 0.168. The fraction of sp³-hybridized carbons (Fsp3) is 0.500. The van der Waals surface area contributed by atoms with Crippen LogP contribution in [0.15, 0.2) is 42.5 Å². The first-order chi connectivity index (χ1) is 15.5. The first-order valence-electron chi connectivity index (χ1n) is 11.7. The van der Waals surface area contributed by atoms with Crippen molar-refractivity contribution < 1.29 is 14.6 Å². The molecule has 0 saturated carbocycles.